The molecule has 8 heteroatoms. The summed E-state index contributed by atoms with van der Waals surface area (Å²) < 4.78 is 4.89. The first-order valence-corrected chi connectivity index (χ1v) is 4.73. The van der Waals surface area contributed by atoms with Crippen LogP contribution < -0.4 is 4.74 Å². The van der Waals surface area contributed by atoms with Crippen LogP contribution in [-0.4, -0.2) is 40.1 Å². The third-order valence-electron chi connectivity index (χ3n) is 2.02. The van der Waals surface area contributed by atoms with Gasteiger partial charge in [-0.15, -0.1) is 0 Å². The van der Waals surface area contributed by atoms with E-state index < -0.39 is 23.6 Å². The third-order valence-corrected chi connectivity index (χ3v) is 2.02. The molecule has 0 saturated heterocycles. The van der Waals surface area contributed by atoms with Gasteiger partial charge in [-0.1, -0.05) is 0 Å². The minimum Gasteiger partial charge on any atom is -0.490 e. The summed E-state index contributed by atoms with van der Waals surface area (Å²) in [7, 11) is 0. The van der Waals surface area contributed by atoms with Crippen molar-refractivity contribution in [3.8, 4) is 5.75 Å². The van der Waals surface area contributed by atoms with Gasteiger partial charge in [-0.05, 0) is 12.1 Å². The number of carbonyl (C=O) groups excluding carboxylic acids is 1. The highest BCUT2D eigenvalue weighted by molar-refractivity contribution is 5.82. The van der Waals surface area contributed by atoms with Gasteiger partial charge < -0.3 is 14.9 Å². The lowest BCUT2D eigenvalue weighted by Gasteiger charge is -2.08. The fourth-order valence-electron chi connectivity index (χ4n) is 1.13. The molecular formula is C10H9NO7. The number of benzene rings is 1. The van der Waals surface area contributed by atoms with Crippen molar-refractivity contribution in [2.75, 3.05) is 6.61 Å². The number of hydrogen-bond acceptors (Lipinski definition) is 6. The Morgan fingerprint density at radius 1 is 1.56 bits per heavy atom. The zero-order valence-electron chi connectivity index (χ0n) is 8.98. The number of nitrogens with zero attached hydrogens (tertiary/aromatic N) is 1. The molecule has 0 bridgehead atoms. The molecular weight excluding hydrogens is 246 g/mol. The SMILES string of the molecule is O=Cc1cc(OCC(O)C(=O)O)ccc1[N+](=O)[O-]. The van der Waals surface area contributed by atoms with Crippen molar-refractivity contribution < 1.29 is 29.5 Å². The van der Waals surface area contributed by atoms with Crippen molar-refractivity contribution in [3.05, 3.63) is 33.9 Å². The van der Waals surface area contributed by atoms with Crippen LogP contribution in [0.1, 0.15) is 10.4 Å². The van der Waals surface area contributed by atoms with Gasteiger partial charge in [0.05, 0.1) is 10.5 Å². The molecule has 1 aromatic rings. The maximum Gasteiger partial charge on any atom is 0.336 e. The second-order valence-electron chi connectivity index (χ2n) is 3.26. The molecule has 1 rings (SSSR count). The number of nitro groups is 1. The number of carbonyl (C=O) groups is 2. The van der Waals surface area contributed by atoms with E-state index in [-0.39, 0.29) is 17.0 Å². The molecule has 0 radical (unpaired) electrons. The molecule has 0 aliphatic rings. The first-order chi connectivity index (χ1) is 8.45. The third kappa shape index (κ3) is 3.25. The normalized spacial score (nSPS) is 11.6. The molecule has 8 nitrogen and oxygen atoms in total. The van der Waals surface area contributed by atoms with Crippen molar-refractivity contribution >= 4 is 17.9 Å². The number of carboxylic acids is 1. The fourth-order valence-corrected chi connectivity index (χ4v) is 1.13. The lowest BCUT2D eigenvalue weighted by Crippen LogP contribution is -2.26. The molecule has 0 aliphatic heterocycles. The average molecular weight is 255 g/mol. The van der Waals surface area contributed by atoms with Gasteiger partial charge in [0.15, 0.2) is 12.4 Å². The Hall–Kier alpha value is -2.48. The molecule has 1 unspecified atom stereocenters. The molecule has 1 atom stereocenters. The molecule has 1 aromatic carbocycles. The number of aliphatic hydroxyl groups excluding tert-OH is 1. The van der Waals surface area contributed by atoms with Crippen molar-refractivity contribution in [2.45, 2.75) is 6.10 Å². The van der Waals surface area contributed by atoms with Crippen LogP contribution in [-0.2, 0) is 4.79 Å². The number of carboxylic acid groups (broad SMARTS) is 1. The van der Waals surface area contributed by atoms with Gasteiger partial charge in [0.2, 0.25) is 0 Å². The van der Waals surface area contributed by atoms with Crippen LogP contribution in [0.5, 0.6) is 5.75 Å². The summed E-state index contributed by atoms with van der Waals surface area (Å²) in [5.41, 5.74) is -0.571. The van der Waals surface area contributed by atoms with Crippen LogP contribution in [0.3, 0.4) is 0 Å². The number of aliphatic hydroxyl groups is 1. The van der Waals surface area contributed by atoms with Crippen LogP contribution in [0, 0.1) is 10.1 Å². The number of hydrogen-bond donors (Lipinski definition) is 2. The van der Waals surface area contributed by atoms with E-state index >= 15 is 0 Å². The second-order valence-corrected chi connectivity index (χ2v) is 3.26. The monoisotopic (exact) mass is 255 g/mol. The number of aliphatic carboxylic acids is 1. The quantitative estimate of drug-likeness (QED) is 0.423. The Balaban J connectivity index is 2.83. The molecule has 0 fully saturated rings. The fraction of sp³-hybridized carbons (Fsp3) is 0.200. The van der Waals surface area contributed by atoms with Gasteiger partial charge in [0.25, 0.3) is 5.69 Å². The van der Waals surface area contributed by atoms with Gasteiger partial charge in [-0.2, -0.15) is 0 Å². The summed E-state index contributed by atoms with van der Waals surface area (Å²) >= 11 is 0. The Bertz CT molecular complexity index is 485. The van der Waals surface area contributed by atoms with E-state index in [2.05, 4.69) is 0 Å². The second kappa shape index (κ2) is 5.73. The van der Waals surface area contributed by atoms with Crippen molar-refractivity contribution in [1.29, 1.82) is 0 Å². The van der Waals surface area contributed by atoms with E-state index in [1.165, 1.54) is 6.07 Å². The summed E-state index contributed by atoms with van der Waals surface area (Å²) in [6.07, 6.45) is -1.42. The van der Waals surface area contributed by atoms with Crippen LogP contribution in [0.4, 0.5) is 5.69 Å². The summed E-state index contributed by atoms with van der Waals surface area (Å²) in [6, 6.07) is 3.37. The van der Waals surface area contributed by atoms with Gasteiger partial charge in [-0.25, -0.2) is 4.79 Å². The maximum atomic E-state index is 10.6. The van der Waals surface area contributed by atoms with E-state index in [1.54, 1.807) is 0 Å². The zero-order valence-corrected chi connectivity index (χ0v) is 8.98. The lowest BCUT2D eigenvalue weighted by atomic mass is 10.2. The molecule has 0 spiro atoms. The van der Waals surface area contributed by atoms with Gasteiger partial charge in [0.1, 0.15) is 12.4 Å². The molecule has 0 saturated carbocycles. The molecule has 0 heterocycles. The molecule has 2 N–H and O–H groups in total. The number of ether oxygens (including phenoxy) is 1. The van der Waals surface area contributed by atoms with Crippen molar-refractivity contribution in [2.24, 2.45) is 0 Å². The topological polar surface area (TPSA) is 127 Å². The van der Waals surface area contributed by atoms with Crippen molar-refractivity contribution in [1.82, 2.24) is 0 Å². The Morgan fingerprint density at radius 3 is 2.72 bits per heavy atom. The minimum atomic E-state index is -1.71. The van der Waals surface area contributed by atoms with Crippen LogP contribution in [0.2, 0.25) is 0 Å². The minimum absolute atomic E-state index is 0.0583. The summed E-state index contributed by atoms with van der Waals surface area (Å²) in [6.45, 7) is -0.522. The first-order valence-electron chi connectivity index (χ1n) is 4.73. The molecule has 0 amide bonds. The zero-order chi connectivity index (χ0) is 13.7. The molecule has 18 heavy (non-hydrogen) atoms. The Labute approximate surface area is 101 Å². The Kier molecular flexibility index (Phi) is 4.33. The maximum absolute atomic E-state index is 10.6. The molecule has 0 aromatic heterocycles. The molecule has 96 valence electrons. The highest BCUT2D eigenvalue weighted by Gasteiger charge is 2.16. The smallest absolute Gasteiger partial charge is 0.336 e. The van der Waals surface area contributed by atoms with E-state index in [0.717, 1.165) is 12.1 Å². The summed E-state index contributed by atoms with van der Waals surface area (Å²) in [4.78, 5) is 30.8. The van der Waals surface area contributed by atoms with Crippen LogP contribution in [0.25, 0.3) is 0 Å². The van der Waals surface area contributed by atoms with Crippen molar-refractivity contribution in [3.63, 3.8) is 0 Å². The summed E-state index contributed by atoms with van der Waals surface area (Å²) in [5, 5.41) is 27.9. The van der Waals surface area contributed by atoms with E-state index in [0.29, 0.717) is 6.29 Å². The number of nitro benzene ring substituents is 1. The average Bonchev–Trinajstić information content (AvgIpc) is 2.34. The standard InChI is InChI=1S/C10H9NO7/c12-4-6-3-7(1-2-8(6)11(16)17)18-5-9(13)10(14)15/h1-4,9,13H,5H2,(H,14,15). The van der Waals surface area contributed by atoms with Gasteiger partial charge >= 0.3 is 5.97 Å². The number of aldehydes is 1. The van der Waals surface area contributed by atoms with E-state index in [4.69, 9.17) is 14.9 Å². The van der Waals surface area contributed by atoms with Crippen LogP contribution in [0.15, 0.2) is 18.2 Å². The highest BCUT2D eigenvalue weighted by atomic mass is 16.6. The first kappa shape index (κ1) is 13.6. The van der Waals surface area contributed by atoms with E-state index in [1.807, 2.05) is 0 Å². The largest absolute Gasteiger partial charge is 0.490 e. The van der Waals surface area contributed by atoms with Gasteiger partial charge in [0, 0.05) is 6.07 Å². The predicted molar refractivity (Wildman–Crippen MR) is 57.6 cm³/mol. The lowest BCUT2D eigenvalue weighted by molar-refractivity contribution is -0.385. The van der Waals surface area contributed by atoms with Crippen LogP contribution >= 0.6 is 0 Å². The Morgan fingerprint density at radius 2 is 2.22 bits per heavy atom. The summed E-state index contributed by atoms with van der Waals surface area (Å²) in [5.74, 6) is -1.39. The van der Waals surface area contributed by atoms with E-state index in [9.17, 15) is 19.7 Å². The highest BCUT2D eigenvalue weighted by Crippen LogP contribution is 2.22. The van der Waals surface area contributed by atoms with Gasteiger partial charge in [-0.3, -0.25) is 14.9 Å². The predicted octanol–water partition coefficient (Wildman–Crippen LogP) is 0.232. The number of rotatable bonds is 6. The molecule has 0 aliphatic carbocycles.